The van der Waals surface area contributed by atoms with Crippen LogP contribution in [0.4, 0.5) is 4.39 Å². The Labute approximate surface area is 122 Å². The molecule has 1 atom stereocenters. The molecule has 110 valence electrons. The Hall–Kier alpha value is -2.21. The quantitative estimate of drug-likeness (QED) is 0.883. The van der Waals surface area contributed by atoms with E-state index in [-0.39, 0.29) is 17.8 Å². The van der Waals surface area contributed by atoms with E-state index in [4.69, 9.17) is 0 Å². The van der Waals surface area contributed by atoms with Crippen LogP contribution >= 0.6 is 0 Å². The Morgan fingerprint density at radius 3 is 2.86 bits per heavy atom. The molecular weight excluding hydrogens is 271 g/mol. The lowest BCUT2D eigenvalue weighted by Crippen LogP contribution is -2.52. The van der Waals surface area contributed by atoms with E-state index >= 15 is 0 Å². The van der Waals surface area contributed by atoms with Crippen LogP contribution < -0.4 is 5.32 Å². The lowest BCUT2D eigenvalue weighted by molar-refractivity contribution is 0.0649. The van der Waals surface area contributed by atoms with Gasteiger partial charge in [0, 0.05) is 31.2 Å². The van der Waals surface area contributed by atoms with Crippen molar-refractivity contribution in [1.82, 2.24) is 20.4 Å². The summed E-state index contributed by atoms with van der Waals surface area (Å²) in [6.07, 6.45) is 0. The minimum absolute atomic E-state index is 0.0511. The summed E-state index contributed by atoms with van der Waals surface area (Å²) < 4.78 is 12.9. The van der Waals surface area contributed by atoms with E-state index in [2.05, 4.69) is 15.5 Å². The number of rotatable bonds is 2. The topological polar surface area (TPSA) is 61.0 Å². The van der Waals surface area contributed by atoms with Crippen molar-refractivity contribution in [3.8, 4) is 11.3 Å². The summed E-state index contributed by atoms with van der Waals surface area (Å²) in [5.41, 5.74) is 1.88. The van der Waals surface area contributed by atoms with Crippen molar-refractivity contribution < 1.29 is 9.18 Å². The van der Waals surface area contributed by atoms with Crippen LogP contribution in [0.25, 0.3) is 11.3 Å². The van der Waals surface area contributed by atoms with E-state index in [1.807, 2.05) is 11.8 Å². The zero-order valence-electron chi connectivity index (χ0n) is 11.8. The maximum atomic E-state index is 12.9. The second kappa shape index (κ2) is 5.65. The van der Waals surface area contributed by atoms with Gasteiger partial charge in [-0.15, -0.1) is 0 Å². The maximum Gasteiger partial charge on any atom is 0.272 e. The van der Waals surface area contributed by atoms with Gasteiger partial charge in [-0.2, -0.15) is 5.10 Å². The Morgan fingerprint density at radius 2 is 2.14 bits per heavy atom. The smallest absolute Gasteiger partial charge is 0.272 e. The van der Waals surface area contributed by atoms with E-state index in [1.54, 1.807) is 18.2 Å². The van der Waals surface area contributed by atoms with E-state index in [0.29, 0.717) is 17.9 Å². The first-order valence-electron chi connectivity index (χ1n) is 6.98. The number of aromatic nitrogens is 2. The molecule has 0 unspecified atom stereocenters. The van der Waals surface area contributed by atoms with Crippen LogP contribution in [0.15, 0.2) is 30.3 Å². The molecule has 2 N–H and O–H groups in total. The summed E-state index contributed by atoms with van der Waals surface area (Å²) in [6.45, 7) is 4.30. The number of nitrogens with one attached hydrogen (secondary N) is 2. The van der Waals surface area contributed by atoms with Crippen molar-refractivity contribution in [2.45, 2.75) is 13.0 Å². The number of H-pyrrole nitrogens is 1. The third kappa shape index (κ3) is 2.80. The predicted molar refractivity (Wildman–Crippen MR) is 77.3 cm³/mol. The van der Waals surface area contributed by atoms with Crippen molar-refractivity contribution >= 4 is 5.91 Å². The lowest BCUT2D eigenvalue weighted by atomic mass is 10.1. The number of aromatic amines is 1. The molecule has 1 aliphatic rings. The van der Waals surface area contributed by atoms with Crippen molar-refractivity contribution in [3.63, 3.8) is 0 Å². The van der Waals surface area contributed by atoms with Crippen LogP contribution in [0.5, 0.6) is 0 Å². The van der Waals surface area contributed by atoms with Gasteiger partial charge in [-0.25, -0.2) is 4.39 Å². The molecule has 1 amide bonds. The normalized spacial score (nSPS) is 18.8. The number of benzene rings is 1. The number of hydrogen-bond donors (Lipinski definition) is 2. The number of nitrogens with zero attached hydrogens (tertiary/aromatic N) is 2. The highest BCUT2D eigenvalue weighted by Gasteiger charge is 2.25. The number of amides is 1. The number of piperazine rings is 1. The predicted octanol–water partition coefficient (Wildman–Crippen LogP) is 1.65. The van der Waals surface area contributed by atoms with Gasteiger partial charge in [-0.3, -0.25) is 9.89 Å². The molecule has 0 spiro atoms. The first-order chi connectivity index (χ1) is 10.1. The molecule has 1 saturated heterocycles. The minimum atomic E-state index is -0.291. The van der Waals surface area contributed by atoms with Gasteiger partial charge in [-0.1, -0.05) is 0 Å². The molecule has 21 heavy (non-hydrogen) atoms. The van der Waals surface area contributed by atoms with Crippen molar-refractivity contribution in [2.75, 3.05) is 19.6 Å². The van der Waals surface area contributed by atoms with Crippen LogP contribution in [0.2, 0.25) is 0 Å². The molecule has 1 aromatic heterocycles. The molecule has 0 aliphatic carbocycles. The summed E-state index contributed by atoms with van der Waals surface area (Å²) in [5.74, 6) is -0.343. The van der Waals surface area contributed by atoms with Crippen LogP contribution in [0, 0.1) is 5.82 Å². The highest BCUT2D eigenvalue weighted by Crippen LogP contribution is 2.19. The Bertz CT molecular complexity index is 637. The first-order valence-corrected chi connectivity index (χ1v) is 6.98. The van der Waals surface area contributed by atoms with Gasteiger partial charge in [-0.05, 0) is 37.3 Å². The molecule has 3 rings (SSSR count). The molecule has 1 aromatic carbocycles. The monoisotopic (exact) mass is 288 g/mol. The molecule has 0 radical (unpaired) electrons. The summed E-state index contributed by atoms with van der Waals surface area (Å²) in [7, 11) is 0. The third-order valence-corrected chi connectivity index (χ3v) is 3.71. The van der Waals surface area contributed by atoms with E-state index in [9.17, 15) is 9.18 Å². The molecular formula is C15H17FN4O. The largest absolute Gasteiger partial charge is 0.332 e. The van der Waals surface area contributed by atoms with Gasteiger partial charge >= 0.3 is 0 Å². The molecule has 0 saturated carbocycles. The summed E-state index contributed by atoms with van der Waals surface area (Å²) >= 11 is 0. The van der Waals surface area contributed by atoms with Gasteiger partial charge in [0.05, 0.1) is 5.69 Å². The number of carbonyl (C=O) groups is 1. The fraction of sp³-hybridized carbons (Fsp3) is 0.333. The van der Waals surface area contributed by atoms with E-state index in [1.165, 1.54) is 12.1 Å². The van der Waals surface area contributed by atoms with Gasteiger partial charge < -0.3 is 10.2 Å². The molecule has 1 aliphatic heterocycles. The van der Waals surface area contributed by atoms with Crippen LogP contribution in [0.3, 0.4) is 0 Å². The van der Waals surface area contributed by atoms with Crippen LogP contribution in [-0.4, -0.2) is 46.7 Å². The van der Waals surface area contributed by atoms with Gasteiger partial charge in [0.25, 0.3) is 5.91 Å². The Balaban J connectivity index is 1.81. The van der Waals surface area contributed by atoms with Crippen molar-refractivity contribution in [1.29, 1.82) is 0 Å². The maximum absolute atomic E-state index is 12.9. The molecule has 2 aromatic rings. The van der Waals surface area contributed by atoms with Crippen molar-refractivity contribution in [2.24, 2.45) is 0 Å². The lowest BCUT2D eigenvalue weighted by Gasteiger charge is -2.33. The number of carbonyl (C=O) groups excluding carboxylic acids is 1. The van der Waals surface area contributed by atoms with Crippen LogP contribution in [-0.2, 0) is 0 Å². The molecule has 2 heterocycles. The third-order valence-electron chi connectivity index (χ3n) is 3.71. The fourth-order valence-corrected chi connectivity index (χ4v) is 2.50. The molecule has 0 bridgehead atoms. The van der Waals surface area contributed by atoms with Crippen molar-refractivity contribution in [3.05, 3.63) is 41.8 Å². The minimum Gasteiger partial charge on any atom is -0.332 e. The highest BCUT2D eigenvalue weighted by molar-refractivity contribution is 5.93. The average Bonchev–Trinajstić information content (AvgIpc) is 2.98. The summed E-state index contributed by atoms with van der Waals surface area (Å²) in [6, 6.07) is 7.92. The second-order valence-electron chi connectivity index (χ2n) is 5.23. The number of halogens is 1. The number of hydrogen-bond acceptors (Lipinski definition) is 3. The van der Waals surface area contributed by atoms with Gasteiger partial charge in [0.2, 0.25) is 0 Å². The highest BCUT2D eigenvalue weighted by atomic mass is 19.1. The van der Waals surface area contributed by atoms with E-state index < -0.39 is 0 Å². The standard InChI is InChI=1S/C15H17FN4O/c1-10-9-17-6-7-20(10)15(21)14-8-13(18-19-14)11-2-4-12(16)5-3-11/h2-5,8,10,17H,6-7,9H2,1H3,(H,18,19)/t10-/m0/s1. The summed E-state index contributed by atoms with van der Waals surface area (Å²) in [5, 5.41) is 10.2. The molecule has 5 nitrogen and oxygen atoms in total. The second-order valence-corrected chi connectivity index (χ2v) is 5.23. The average molecular weight is 288 g/mol. The first kappa shape index (κ1) is 13.8. The van der Waals surface area contributed by atoms with E-state index in [0.717, 1.165) is 18.7 Å². The molecule has 6 heteroatoms. The zero-order valence-corrected chi connectivity index (χ0v) is 11.8. The SMILES string of the molecule is C[C@H]1CNCCN1C(=O)c1cc(-c2ccc(F)cc2)n[nH]1. The Morgan fingerprint density at radius 1 is 1.38 bits per heavy atom. The molecule has 1 fully saturated rings. The summed E-state index contributed by atoms with van der Waals surface area (Å²) in [4.78, 5) is 14.3. The Kier molecular flexibility index (Phi) is 3.70. The van der Waals surface area contributed by atoms with Gasteiger partial charge in [0.15, 0.2) is 0 Å². The fourth-order valence-electron chi connectivity index (χ4n) is 2.50. The van der Waals surface area contributed by atoms with Gasteiger partial charge in [0.1, 0.15) is 11.5 Å². The zero-order chi connectivity index (χ0) is 14.8. The van der Waals surface area contributed by atoms with Crippen LogP contribution in [0.1, 0.15) is 17.4 Å².